The smallest absolute Gasteiger partial charge is 0.180 e. The molecule has 0 radical (unpaired) electrons. The molecule has 2 N–H and O–H groups in total. The van der Waals surface area contributed by atoms with E-state index in [1.54, 1.807) is 0 Å². The van der Waals surface area contributed by atoms with Gasteiger partial charge in [0, 0.05) is 11.6 Å². The molecule has 0 bridgehead atoms. The van der Waals surface area contributed by atoms with Crippen LogP contribution < -0.4 is 5.73 Å². The van der Waals surface area contributed by atoms with Crippen LogP contribution in [-0.2, 0) is 6.42 Å². The number of nitrogens with two attached hydrogens (primary N) is 1. The maximum Gasteiger partial charge on any atom is 0.180 e. The van der Waals surface area contributed by atoms with E-state index < -0.39 is 23.5 Å². The normalized spacial score (nSPS) is 12.2. The van der Waals surface area contributed by atoms with Gasteiger partial charge in [-0.1, -0.05) is 30.3 Å². The SMILES string of the molecule is NC(Cc1ccccc1)C(=O)c1cc(F)cc(F)c1. The van der Waals surface area contributed by atoms with Crippen molar-refractivity contribution < 1.29 is 13.6 Å². The number of hydrogen-bond acceptors (Lipinski definition) is 2. The van der Waals surface area contributed by atoms with Crippen molar-refractivity contribution in [3.05, 3.63) is 71.3 Å². The zero-order valence-corrected chi connectivity index (χ0v) is 10.1. The zero-order valence-electron chi connectivity index (χ0n) is 10.1. The molecule has 2 nitrogen and oxygen atoms in total. The molecule has 19 heavy (non-hydrogen) atoms. The maximum absolute atomic E-state index is 13.0. The number of benzene rings is 2. The largest absolute Gasteiger partial charge is 0.321 e. The lowest BCUT2D eigenvalue weighted by Crippen LogP contribution is -2.32. The highest BCUT2D eigenvalue weighted by atomic mass is 19.1. The van der Waals surface area contributed by atoms with Crippen LogP contribution in [0.1, 0.15) is 15.9 Å². The summed E-state index contributed by atoms with van der Waals surface area (Å²) in [4.78, 5) is 12.0. The first kappa shape index (κ1) is 13.4. The zero-order chi connectivity index (χ0) is 13.8. The average Bonchev–Trinajstić information content (AvgIpc) is 2.37. The average molecular weight is 261 g/mol. The van der Waals surface area contributed by atoms with Gasteiger partial charge in [-0.2, -0.15) is 0 Å². The number of halogens is 2. The van der Waals surface area contributed by atoms with Crippen LogP contribution >= 0.6 is 0 Å². The highest BCUT2D eigenvalue weighted by Gasteiger charge is 2.17. The van der Waals surface area contributed by atoms with Crippen LogP contribution in [0.3, 0.4) is 0 Å². The third-order valence-corrected chi connectivity index (χ3v) is 2.78. The molecule has 0 aromatic heterocycles. The molecule has 2 aromatic rings. The van der Waals surface area contributed by atoms with Crippen molar-refractivity contribution in [3.8, 4) is 0 Å². The van der Waals surface area contributed by atoms with Crippen LogP contribution in [0.25, 0.3) is 0 Å². The molecule has 1 unspecified atom stereocenters. The molecule has 0 aliphatic rings. The number of rotatable bonds is 4. The Labute approximate surface area is 109 Å². The number of carbonyl (C=O) groups excluding carboxylic acids is 1. The predicted octanol–water partition coefficient (Wildman–Crippen LogP) is 2.72. The minimum Gasteiger partial charge on any atom is -0.321 e. The van der Waals surface area contributed by atoms with Crippen LogP contribution in [0.2, 0.25) is 0 Å². The monoisotopic (exact) mass is 261 g/mol. The summed E-state index contributed by atoms with van der Waals surface area (Å²) in [5.74, 6) is -2.03. The molecular weight excluding hydrogens is 248 g/mol. The fourth-order valence-corrected chi connectivity index (χ4v) is 1.87. The summed E-state index contributed by atoms with van der Waals surface area (Å²) in [6.45, 7) is 0. The highest BCUT2D eigenvalue weighted by molar-refractivity contribution is 6.00. The van der Waals surface area contributed by atoms with Gasteiger partial charge in [-0.05, 0) is 24.1 Å². The summed E-state index contributed by atoms with van der Waals surface area (Å²) in [6, 6.07) is 11.1. The Balaban J connectivity index is 2.15. The lowest BCUT2D eigenvalue weighted by Gasteiger charge is -2.11. The summed E-state index contributed by atoms with van der Waals surface area (Å²) in [5, 5.41) is 0. The molecule has 0 fully saturated rings. The highest BCUT2D eigenvalue weighted by Crippen LogP contribution is 2.12. The van der Waals surface area contributed by atoms with Gasteiger partial charge in [0.2, 0.25) is 0 Å². The van der Waals surface area contributed by atoms with Crippen molar-refractivity contribution >= 4 is 5.78 Å². The van der Waals surface area contributed by atoms with Gasteiger partial charge >= 0.3 is 0 Å². The van der Waals surface area contributed by atoms with Crippen LogP contribution in [0.5, 0.6) is 0 Å². The first-order chi connectivity index (χ1) is 9.06. The molecule has 2 rings (SSSR count). The Bertz CT molecular complexity index is 564. The first-order valence-corrected chi connectivity index (χ1v) is 5.86. The summed E-state index contributed by atoms with van der Waals surface area (Å²) < 4.78 is 26.1. The molecule has 1 atom stereocenters. The second kappa shape index (κ2) is 5.71. The third-order valence-electron chi connectivity index (χ3n) is 2.78. The number of hydrogen-bond donors (Lipinski definition) is 1. The van der Waals surface area contributed by atoms with Crippen LogP contribution in [0.4, 0.5) is 8.78 Å². The van der Waals surface area contributed by atoms with Crippen LogP contribution in [0.15, 0.2) is 48.5 Å². The van der Waals surface area contributed by atoms with Crippen molar-refractivity contribution in [2.45, 2.75) is 12.5 Å². The molecule has 98 valence electrons. The molecule has 0 amide bonds. The van der Waals surface area contributed by atoms with E-state index in [4.69, 9.17) is 5.73 Å². The quantitative estimate of drug-likeness (QED) is 0.860. The Kier molecular flexibility index (Phi) is 4.02. The molecule has 2 aromatic carbocycles. The Morgan fingerprint density at radius 1 is 1.05 bits per heavy atom. The van der Waals surface area contributed by atoms with Crippen molar-refractivity contribution in [1.82, 2.24) is 0 Å². The van der Waals surface area contributed by atoms with E-state index in [-0.39, 0.29) is 5.56 Å². The van der Waals surface area contributed by atoms with E-state index in [1.165, 1.54) is 0 Å². The lowest BCUT2D eigenvalue weighted by atomic mass is 9.98. The van der Waals surface area contributed by atoms with Gasteiger partial charge in [-0.25, -0.2) is 8.78 Å². The maximum atomic E-state index is 13.0. The number of ketones is 1. The van der Waals surface area contributed by atoms with Gasteiger partial charge in [-0.15, -0.1) is 0 Å². The molecular formula is C15H13F2NO. The van der Waals surface area contributed by atoms with Gasteiger partial charge in [0.05, 0.1) is 6.04 Å². The number of Topliss-reactive ketones (excluding diaryl/α,β-unsaturated/α-hetero) is 1. The molecule has 0 saturated heterocycles. The topological polar surface area (TPSA) is 43.1 Å². The van der Waals surface area contributed by atoms with E-state index in [2.05, 4.69) is 0 Å². The van der Waals surface area contributed by atoms with E-state index in [0.717, 1.165) is 23.8 Å². The van der Waals surface area contributed by atoms with Crippen molar-refractivity contribution in [1.29, 1.82) is 0 Å². The molecule has 0 heterocycles. The molecule has 0 spiro atoms. The van der Waals surface area contributed by atoms with E-state index in [9.17, 15) is 13.6 Å². The Morgan fingerprint density at radius 2 is 1.63 bits per heavy atom. The minimum absolute atomic E-state index is 0.0408. The molecule has 0 aliphatic heterocycles. The molecule has 0 aliphatic carbocycles. The van der Waals surface area contributed by atoms with Crippen molar-refractivity contribution in [3.63, 3.8) is 0 Å². The molecule has 0 saturated carbocycles. The minimum atomic E-state index is -0.816. The fourth-order valence-electron chi connectivity index (χ4n) is 1.87. The van der Waals surface area contributed by atoms with Gasteiger partial charge in [-0.3, -0.25) is 4.79 Å². The summed E-state index contributed by atoms with van der Waals surface area (Å²) in [7, 11) is 0. The van der Waals surface area contributed by atoms with Crippen molar-refractivity contribution in [2.75, 3.05) is 0 Å². The molecule has 4 heteroatoms. The standard InChI is InChI=1S/C15H13F2NO/c16-12-7-11(8-13(17)9-12)15(19)14(18)6-10-4-2-1-3-5-10/h1-5,7-9,14H,6,18H2. The Morgan fingerprint density at radius 3 is 2.21 bits per heavy atom. The van der Waals surface area contributed by atoms with Crippen molar-refractivity contribution in [2.24, 2.45) is 5.73 Å². The van der Waals surface area contributed by atoms with Crippen LogP contribution in [-0.4, -0.2) is 11.8 Å². The van der Waals surface area contributed by atoms with Gasteiger partial charge < -0.3 is 5.73 Å². The van der Waals surface area contributed by atoms with Gasteiger partial charge in [0.15, 0.2) is 5.78 Å². The van der Waals surface area contributed by atoms with Crippen LogP contribution in [0, 0.1) is 11.6 Å². The summed E-state index contributed by atoms with van der Waals surface area (Å²) in [6.07, 6.45) is 0.331. The second-order valence-electron chi connectivity index (χ2n) is 4.32. The summed E-state index contributed by atoms with van der Waals surface area (Å²) in [5.41, 5.74) is 6.65. The van der Waals surface area contributed by atoms with Gasteiger partial charge in [0.1, 0.15) is 11.6 Å². The first-order valence-electron chi connectivity index (χ1n) is 5.86. The van der Waals surface area contributed by atoms with E-state index >= 15 is 0 Å². The van der Waals surface area contributed by atoms with E-state index in [1.807, 2.05) is 30.3 Å². The predicted molar refractivity (Wildman–Crippen MR) is 68.8 cm³/mol. The lowest BCUT2D eigenvalue weighted by molar-refractivity contribution is 0.0960. The fraction of sp³-hybridized carbons (Fsp3) is 0.133. The van der Waals surface area contributed by atoms with Gasteiger partial charge in [0.25, 0.3) is 0 Å². The number of carbonyl (C=O) groups is 1. The van der Waals surface area contributed by atoms with E-state index in [0.29, 0.717) is 6.42 Å². The second-order valence-corrected chi connectivity index (χ2v) is 4.32. The summed E-state index contributed by atoms with van der Waals surface area (Å²) >= 11 is 0. The Hall–Kier alpha value is -2.07. The third kappa shape index (κ3) is 3.45.